The maximum atomic E-state index is 12.3. The number of aryl methyl sites for hydroxylation is 1. The molecule has 0 bridgehead atoms. The van der Waals surface area contributed by atoms with Crippen molar-refractivity contribution in [2.24, 2.45) is 0 Å². The number of anilines is 1. The number of ketones is 1. The number of carbonyl (C=O) groups excluding carboxylic acids is 2. The van der Waals surface area contributed by atoms with Gasteiger partial charge in [0.2, 0.25) is 0 Å². The zero-order chi connectivity index (χ0) is 14.1. The Balaban J connectivity index is 2.47. The van der Waals surface area contributed by atoms with E-state index in [-0.39, 0.29) is 5.78 Å². The molecule has 0 fully saturated rings. The monoisotopic (exact) mass is 255 g/mol. The van der Waals surface area contributed by atoms with Crippen LogP contribution in [0.2, 0.25) is 0 Å². The first-order chi connectivity index (χ1) is 8.75. The highest BCUT2D eigenvalue weighted by molar-refractivity contribution is 6.53. The van der Waals surface area contributed by atoms with Gasteiger partial charge in [0.05, 0.1) is 16.8 Å². The highest BCUT2D eigenvalue weighted by Gasteiger charge is 2.47. The molecule has 1 aromatic carbocycles. The van der Waals surface area contributed by atoms with Crippen molar-refractivity contribution in [2.45, 2.75) is 40.2 Å². The summed E-state index contributed by atoms with van der Waals surface area (Å²) >= 11 is 0. The fraction of sp³-hybridized carbons (Fsp3) is 0.375. The number of rotatable bonds is 0. The third kappa shape index (κ3) is 1.33. The van der Waals surface area contributed by atoms with Crippen molar-refractivity contribution >= 4 is 23.0 Å². The summed E-state index contributed by atoms with van der Waals surface area (Å²) < 4.78 is 0. The maximum Gasteiger partial charge on any atom is 0.300 e. The molecule has 0 aromatic heterocycles. The van der Waals surface area contributed by atoms with E-state index in [9.17, 15) is 9.59 Å². The van der Waals surface area contributed by atoms with E-state index < -0.39 is 11.4 Å². The van der Waals surface area contributed by atoms with E-state index in [0.29, 0.717) is 5.56 Å². The van der Waals surface area contributed by atoms with Crippen LogP contribution in [0.25, 0.3) is 5.57 Å². The minimum atomic E-state index is -0.448. The first-order valence-electron chi connectivity index (χ1n) is 6.48. The summed E-state index contributed by atoms with van der Waals surface area (Å²) in [7, 11) is 0. The molecule has 0 saturated carbocycles. The molecule has 3 rings (SSSR count). The lowest BCUT2D eigenvalue weighted by molar-refractivity contribution is -0.115. The fourth-order valence-electron chi connectivity index (χ4n) is 3.25. The summed E-state index contributed by atoms with van der Waals surface area (Å²) in [6.45, 7) is 9.88. The quantitative estimate of drug-likeness (QED) is 0.668. The van der Waals surface area contributed by atoms with Crippen LogP contribution in [0.1, 0.15) is 47.8 Å². The molecule has 2 aliphatic rings. The third-order valence-electron chi connectivity index (χ3n) is 4.24. The first-order valence-corrected chi connectivity index (χ1v) is 6.48. The molecule has 0 spiro atoms. The summed E-state index contributed by atoms with van der Waals surface area (Å²) in [5.41, 5.74) is 5.08. The van der Waals surface area contributed by atoms with Gasteiger partial charge in [-0.25, -0.2) is 0 Å². The van der Waals surface area contributed by atoms with E-state index in [1.54, 1.807) is 4.90 Å². The molecule has 1 aromatic rings. The summed E-state index contributed by atoms with van der Waals surface area (Å²) in [6.07, 6.45) is 2.06. The van der Waals surface area contributed by atoms with E-state index in [2.05, 4.69) is 12.1 Å². The Morgan fingerprint density at radius 3 is 2.37 bits per heavy atom. The Hall–Kier alpha value is -1.90. The molecule has 98 valence electrons. The SMILES string of the molecule is CC1=CC(C)(C)N2C(=O)C(=O)c3c(C)c(C)cc1c32. The molecular weight excluding hydrogens is 238 g/mol. The topological polar surface area (TPSA) is 37.4 Å². The second kappa shape index (κ2) is 3.35. The van der Waals surface area contributed by atoms with Crippen LogP contribution >= 0.6 is 0 Å². The van der Waals surface area contributed by atoms with Crippen LogP contribution < -0.4 is 4.90 Å². The smallest absolute Gasteiger partial charge is 0.295 e. The lowest BCUT2D eigenvalue weighted by Crippen LogP contribution is -2.47. The van der Waals surface area contributed by atoms with Crippen LogP contribution in [0.5, 0.6) is 0 Å². The number of Topliss-reactive ketones (excluding diaryl/α,β-unsaturated/α-hetero) is 1. The van der Waals surface area contributed by atoms with Gasteiger partial charge < -0.3 is 0 Å². The molecule has 19 heavy (non-hydrogen) atoms. The van der Waals surface area contributed by atoms with Gasteiger partial charge in [0.15, 0.2) is 0 Å². The lowest BCUT2D eigenvalue weighted by atomic mass is 9.86. The Kier molecular flexibility index (Phi) is 2.14. The van der Waals surface area contributed by atoms with Gasteiger partial charge in [-0.05, 0) is 57.4 Å². The minimum Gasteiger partial charge on any atom is -0.295 e. The van der Waals surface area contributed by atoms with E-state index in [1.165, 1.54) is 0 Å². The number of nitrogens with zero attached hydrogens (tertiary/aromatic N) is 1. The van der Waals surface area contributed by atoms with Crippen molar-refractivity contribution in [3.63, 3.8) is 0 Å². The van der Waals surface area contributed by atoms with Gasteiger partial charge in [0, 0.05) is 5.56 Å². The average molecular weight is 255 g/mol. The predicted octanol–water partition coefficient (Wildman–Crippen LogP) is 3.03. The Labute approximate surface area is 112 Å². The van der Waals surface area contributed by atoms with Crippen LogP contribution in [0.4, 0.5) is 5.69 Å². The molecule has 0 atom stereocenters. The first kappa shape index (κ1) is 12.2. The highest BCUT2D eigenvalue weighted by atomic mass is 16.2. The number of carbonyl (C=O) groups is 2. The van der Waals surface area contributed by atoms with Crippen molar-refractivity contribution in [1.82, 2.24) is 0 Å². The zero-order valence-corrected chi connectivity index (χ0v) is 11.9. The van der Waals surface area contributed by atoms with Crippen molar-refractivity contribution < 1.29 is 9.59 Å². The number of hydrogen-bond acceptors (Lipinski definition) is 2. The van der Waals surface area contributed by atoms with E-state index in [1.807, 2.05) is 34.6 Å². The standard InChI is InChI=1S/C16H17NO2/c1-8-6-11-9(2)7-16(4,5)17-13(11)12(10(8)3)14(18)15(17)19/h6-7H,1-5H3. The molecule has 2 aliphatic heterocycles. The van der Waals surface area contributed by atoms with Crippen molar-refractivity contribution in [2.75, 3.05) is 4.90 Å². The van der Waals surface area contributed by atoms with Gasteiger partial charge in [-0.1, -0.05) is 6.08 Å². The second-order valence-corrected chi connectivity index (χ2v) is 6.04. The van der Waals surface area contributed by atoms with Gasteiger partial charge in [0.1, 0.15) is 0 Å². The van der Waals surface area contributed by atoms with Crippen molar-refractivity contribution in [3.05, 3.63) is 34.4 Å². The van der Waals surface area contributed by atoms with Crippen LogP contribution in [0, 0.1) is 13.8 Å². The molecular formula is C16H17NO2. The highest BCUT2D eigenvalue weighted by Crippen LogP contribution is 2.46. The van der Waals surface area contributed by atoms with Crippen LogP contribution in [-0.2, 0) is 4.79 Å². The predicted molar refractivity (Wildman–Crippen MR) is 75.5 cm³/mol. The number of hydrogen-bond donors (Lipinski definition) is 0. The molecule has 1 amide bonds. The largest absolute Gasteiger partial charge is 0.300 e. The molecule has 2 heterocycles. The molecule has 0 saturated heterocycles. The van der Waals surface area contributed by atoms with E-state index >= 15 is 0 Å². The van der Waals surface area contributed by atoms with Crippen molar-refractivity contribution in [3.8, 4) is 0 Å². The second-order valence-electron chi connectivity index (χ2n) is 6.04. The Morgan fingerprint density at radius 2 is 1.74 bits per heavy atom. The summed E-state index contributed by atoms with van der Waals surface area (Å²) in [5, 5.41) is 0. The Morgan fingerprint density at radius 1 is 1.11 bits per heavy atom. The fourth-order valence-corrected chi connectivity index (χ4v) is 3.25. The molecule has 3 nitrogen and oxygen atoms in total. The van der Waals surface area contributed by atoms with Gasteiger partial charge in [0.25, 0.3) is 11.7 Å². The van der Waals surface area contributed by atoms with Gasteiger partial charge >= 0.3 is 0 Å². The summed E-state index contributed by atoms with van der Waals surface area (Å²) in [5.74, 6) is -0.771. The van der Waals surface area contributed by atoms with Gasteiger partial charge in [-0.15, -0.1) is 0 Å². The average Bonchev–Trinajstić information content (AvgIpc) is 2.56. The van der Waals surface area contributed by atoms with E-state index in [0.717, 1.165) is 28.0 Å². The molecule has 0 N–H and O–H groups in total. The molecule has 0 unspecified atom stereocenters. The number of amides is 1. The van der Waals surface area contributed by atoms with Crippen LogP contribution in [0.3, 0.4) is 0 Å². The molecule has 0 radical (unpaired) electrons. The van der Waals surface area contributed by atoms with E-state index in [4.69, 9.17) is 0 Å². The number of allylic oxidation sites excluding steroid dienone is 1. The van der Waals surface area contributed by atoms with Crippen LogP contribution in [0.15, 0.2) is 12.1 Å². The normalized spacial score (nSPS) is 19.6. The summed E-state index contributed by atoms with van der Waals surface area (Å²) in [4.78, 5) is 26.3. The Bertz CT molecular complexity index is 680. The zero-order valence-electron chi connectivity index (χ0n) is 11.9. The molecule has 0 aliphatic carbocycles. The third-order valence-corrected chi connectivity index (χ3v) is 4.24. The van der Waals surface area contributed by atoms with Gasteiger partial charge in [-0.2, -0.15) is 0 Å². The number of benzene rings is 1. The van der Waals surface area contributed by atoms with Crippen molar-refractivity contribution in [1.29, 1.82) is 0 Å². The van der Waals surface area contributed by atoms with Crippen LogP contribution in [-0.4, -0.2) is 17.2 Å². The summed E-state index contributed by atoms with van der Waals surface area (Å²) in [6, 6.07) is 2.08. The molecule has 3 heteroatoms. The lowest BCUT2D eigenvalue weighted by Gasteiger charge is -2.38. The minimum absolute atomic E-state index is 0.367. The van der Waals surface area contributed by atoms with Gasteiger partial charge in [-0.3, -0.25) is 14.5 Å². The maximum absolute atomic E-state index is 12.3.